The van der Waals surface area contributed by atoms with Crippen LogP contribution in [0.4, 0.5) is 5.95 Å². The summed E-state index contributed by atoms with van der Waals surface area (Å²) in [4.78, 5) is 18.6. The molecular formula is C10H11N5O2. The van der Waals surface area contributed by atoms with Crippen molar-refractivity contribution in [2.75, 3.05) is 5.32 Å². The van der Waals surface area contributed by atoms with Crippen LogP contribution in [-0.4, -0.2) is 31.2 Å². The molecule has 88 valence electrons. The number of nitrogens with zero attached hydrogens (tertiary/aromatic N) is 3. The van der Waals surface area contributed by atoms with E-state index in [1.54, 1.807) is 12.4 Å². The number of carbonyl (C=O) groups is 1. The monoisotopic (exact) mass is 233 g/mol. The second kappa shape index (κ2) is 4.60. The van der Waals surface area contributed by atoms with Gasteiger partial charge in [0.25, 0.3) is 0 Å². The average Bonchev–Trinajstić information content (AvgIpc) is 2.82. The van der Waals surface area contributed by atoms with Crippen molar-refractivity contribution in [2.45, 2.75) is 13.0 Å². The van der Waals surface area contributed by atoms with E-state index in [-0.39, 0.29) is 17.7 Å². The lowest BCUT2D eigenvalue weighted by molar-refractivity contribution is 0.0690. The molecular weight excluding hydrogens is 222 g/mol. The number of anilines is 1. The highest BCUT2D eigenvalue weighted by atomic mass is 16.4. The van der Waals surface area contributed by atoms with Crippen LogP contribution in [0.5, 0.6) is 0 Å². The van der Waals surface area contributed by atoms with Gasteiger partial charge in [0.2, 0.25) is 5.95 Å². The fraction of sp³-hybridized carbons (Fsp3) is 0.200. The number of hydrogen-bond acceptors (Lipinski definition) is 5. The Morgan fingerprint density at radius 1 is 1.59 bits per heavy atom. The van der Waals surface area contributed by atoms with Gasteiger partial charge in [-0.1, -0.05) is 0 Å². The van der Waals surface area contributed by atoms with Crippen LogP contribution in [0.15, 0.2) is 24.7 Å². The number of hydrogen-bond donors (Lipinski definition) is 3. The molecule has 17 heavy (non-hydrogen) atoms. The number of aromatic amines is 1. The fourth-order valence-corrected chi connectivity index (χ4v) is 1.32. The highest BCUT2D eigenvalue weighted by Gasteiger charge is 2.10. The second-order valence-corrected chi connectivity index (χ2v) is 3.47. The molecule has 1 unspecified atom stereocenters. The number of nitrogens with one attached hydrogen (secondary N) is 2. The molecule has 7 nitrogen and oxygen atoms in total. The first kappa shape index (κ1) is 11.1. The van der Waals surface area contributed by atoms with Gasteiger partial charge in [-0.2, -0.15) is 5.10 Å². The number of aromatic nitrogens is 4. The number of aromatic carboxylic acids is 1. The van der Waals surface area contributed by atoms with Crippen molar-refractivity contribution in [1.29, 1.82) is 0 Å². The first-order chi connectivity index (χ1) is 8.16. The van der Waals surface area contributed by atoms with Gasteiger partial charge < -0.3 is 10.4 Å². The lowest BCUT2D eigenvalue weighted by atomic mass is 10.2. The highest BCUT2D eigenvalue weighted by molar-refractivity contribution is 5.85. The van der Waals surface area contributed by atoms with Crippen molar-refractivity contribution in [3.63, 3.8) is 0 Å². The molecule has 0 aliphatic heterocycles. The smallest absolute Gasteiger partial charge is 0.354 e. The van der Waals surface area contributed by atoms with E-state index in [1.807, 2.05) is 6.92 Å². The van der Waals surface area contributed by atoms with Crippen LogP contribution in [0.25, 0.3) is 0 Å². The maximum Gasteiger partial charge on any atom is 0.354 e. The zero-order valence-corrected chi connectivity index (χ0v) is 9.08. The number of carboxylic acids is 1. The SMILES string of the molecule is CC(Nc1nccc(C(=O)O)n1)c1cn[nH]c1. The van der Waals surface area contributed by atoms with E-state index in [4.69, 9.17) is 5.11 Å². The van der Waals surface area contributed by atoms with Gasteiger partial charge in [0.15, 0.2) is 5.69 Å². The molecule has 0 saturated heterocycles. The van der Waals surface area contributed by atoms with Gasteiger partial charge in [-0.25, -0.2) is 14.8 Å². The van der Waals surface area contributed by atoms with Gasteiger partial charge in [-0.05, 0) is 13.0 Å². The molecule has 0 fully saturated rings. The molecule has 2 heterocycles. The maximum atomic E-state index is 10.7. The predicted molar refractivity (Wildman–Crippen MR) is 59.6 cm³/mol. The summed E-state index contributed by atoms with van der Waals surface area (Å²) in [6.07, 6.45) is 4.83. The van der Waals surface area contributed by atoms with E-state index in [0.29, 0.717) is 0 Å². The third kappa shape index (κ3) is 2.57. The molecule has 0 spiro atoms. The van der Waals surface area contributed by atoms with E-state index < -0.39 is 5.97 Å². The van der Waals surface area contributed by atoms with Crippen molar-refractivity contribution >= 4 is 11.9 Å². The fourth-order valence-electron chi connectivity index (χ4n) is 1.32. The lowest BCUT2D eigenvalue weighted by Gasteiger charge is -2.11. The maximum absolute atomic E-state index is 10.7. The van der Waals surface area contributed by atoms with E-state index in [0.717, 1.165) is 5.56 Å². The summed E-state index contributed by atoms with van der Waals surface area (Å²) in [6.45, 7) is 1.90. The van der Waals surface area contributed by atoms with Crippen LogP contribution in [-0.2, 0) is 0 Å². The lowest BCUT2D eigenvalue weighted by Crippen LogP contribution is -2.11. The van der Waals surface area contributed by atoms with E-state index in [1.165, 1.54) is 12.3 Å². The Morgan fingerprint density at radius 3 is 3.06 bits per heavy atom. The van der Waals surface area contributed by atoms with E-state index >= 15 is 0 Å². The van der Waals surface area contributed by atoms with E-state index in [9.17, 15) is 4.79 Å². The molecule has 0 aromatic carbocycles. The van der Waals surface area contributed by atoms with Crippen LogP contribution in [0.1, 0.15) is 29.0 Å². The predicted octanol–water partition coefficient (Wildman–Crippen LogP) is 1.07. The van der Waals surface area contributed by atoms with Crippen molar-refractivity contribution in [3.05, 3.63) is 35.9 Å². The Balaban J connectivity index is 2.13. The zero-order valence-electron chi connectivity index (χ0n) is 9.08. The van der Waals surface area contributed by atoms with Gasteiger partial charge in [-0.15, -0.1) is 0 Å². The first-order valence-corrected chi connectivity index (χ1v) is 4.98. The summed E-state index contributed by atoms with van der Waals surface area (Å²) in [5.74, 6) is -0.801. The Bertz CT molecular complexity index is 511. The number of H-pyrrole nitrogens is 1. The molecule has 0 radical (unpaired) electrons. The molecule has 7 heteroatoms. The molecule has 2 aromatic heterocycles. The van der Waals surface area contributed by atoms with Crippen molar-refractivity contribution in [3.8, 4) is 0 Å². The van der Waals surface area contributed by atoms with Crippen molar-refractivity contribution in [2.24, 2.45) is 0 Å². The third-order valence-electron chi connectivity index (χ3n) is 2.24. The van der Waals surface area contributed by atoms with E-state index in [2.05, 4.69) is 25.5 Å². The highest BCUT2D eigenvalue weighted by Crippen LogP contribution is 2.14. The Kier molecular flexibility index (Phi) is 2.99. The van der Waals surface area contributed by atoms with Crippen LogP contribution >= 0.6 is 0 Å². The molecule has 3 N–H and O–H groups in total. The summed E-state index contributed by atoms with van der Waals surface area (Å²) in [5, 5.41) is 18.3. The normalized spacial score (nSPS) is 12.1. The Labute approximate surface area is 96.9 Å². The van der Waals surface area contributed by atoms with Gasteiger partial charge in [0.1, 0.15) is 0 Å². The molecule has 0 saturated carbocycles. The largest absolute Gasteiger partial charge is 0.477 e. The number of carboxylic acid groups (broad SMARTS) is 1. The number of rotatable bonds is 4. The minimum Gasteiger partial charge on any atom is -0.477 e. The van der Waals surface area contributed by atoms with Gasteiger partial charge in [-0.3, -0.25) is 5.10 Å². The van der Waals surface area contributed by atoms with Crippen LogP contribution in [0.2, 0.25) is 0 Å². The molecule has 2 aromatic rings. The first-order valence-electron chi connectivity index (χ1n) is 4.98. The minimum absolute atomic E-state index is 0.0399. The van der Waals surface area contributed by atoms with Crippen LogP contribution in [0.3, 0.4) is 0 Å². The standard InChI is InChI=1S/C10H11N5O2/c1-6(7-4-12-13-5-7)14-10-11-3-2-8(15-10)9(16)17/h2-6H,1H3,(H,12,13)(H,16,17)(H,11,14,15). The van der Waals surface area contributed by atoms with Gasteiger partial charge in [0.05, 0.1) is 12.2 Å². The van der Waals surface area contributed by atoms with Crippen molar-refractivity contribution in [1.82, 2.24) is 20.2 Å². The summed E-state index contributed by atoms with van der Waals surface area (Å²) < 4.78 is 0. The van der Waals surface area contributed by atoms with Gasteiger partial charge >= 0.3 is 5.97 Å². The Morgan fingerprint density at radius 2 is 2.41 bits per heavy atom. The zero-order chi connectivity index (χ0) is 12.3. The Hall–Kier alpha value is -2.44. The molecule has 0 bridgehead atoms. The average molecular weight is 233 g/mol. The van der Waals surface area contributed by atoms with Gasteiger partial charge in [0, 0.05) is 18.0 Å². The summed E-state index contributed by atoms with van der Waals surface area (Å²) in [5.41, 5.74) is 0.899. The summed E-state index contributed by atoms with van der Waals surface area (Å²) >= 11 is 0. The topological polar surface area (TPSA) is 104 Å². The third-order valence-corrected chi connectivity index (χ3v) is 2.24. The molecule has 0 aliphatic carbocycles. The molecule has 1 atom stereocenters. The minimum atomic E-state index is -1.08. The quantitative estimate of drug-likeness (QED) is 0.729. The van der Waals surface area contributed by atoms with Crippen LogP contribution < -0.4 is 5.32 Å². The second-order valence-electron chi connectivity index (χ2n) is 3.47. The summed E-state index contributed by atoms with van der Waals surface area (Å²) in [7, 11) is 0. The molecule has 2 rings (SSSR count). The molecule has 0 aliphatic rings. The van der Waals surface area contributed by atoms with Crippen LogP contribution in [0, 0.1) is 0 Å². The van der Waals surface area contributed by atoms with Crippen molar-refractivity contribution < 1.29 is 9.90 Å². The summed E-state index contributed by atoms with van der Waals surface area (Å²) in [6, 6.07) is 1.29. The molecule has 0 amide bonds.